The summed E-state index contributed by atoms with van der Waals surface area (Å²) in [5.41, 5.74) is 22.9. The van der Waals surface area contributed by atoms with Crippen molar-refractivity contribution in [3.63, 3.8) is 0 Å². The molecule has 0 atom stereocenters. The maximum atomic E-state index is 2.61. The Hall–Kier alpha value is -9.04. The van der Waals surface area contributed by atoms with Crippen molar-refractivity contribution in [1.82, 2.24) is 0 Å². The van der Waals surface area contributed by atoms with Crippen LogP contribution in [0.15, 0.2) is 273 Å². The zero-order valence-electron chi connectivity index (χ0n) is 38.9. The quantitative estimate of drug-likeness (QED) is 0.161. The van der Waals surface area contributed by atoms with Crippen molar-refractivity contribution in [3.8, 4) is 44.5 Å². The average molecular weight is 900 g/mol. The Bertz CT molecular complexity index is 4020. The van der Waals surface area contributed by atoms with E-state index in [-0.39, 0.29) is 0 Å². The molecule has 0 bridgehead atoms. The molecule has 0 radical (unpaired) electrons. The lowest BCUT2D eigenvalue weighted by Crippen LogP contribution is -2.30. The predicted octanol–water partition coefficient (Wildman–Crippen LogP) is 17.8. The van der Waals surface area contributed by atoms with Crippen LogP contribution in [0.4, 0.5) is 17.1 Å². The SMILES string of the molecule is c1ccc(C2(c3ccc4c(c3)C3(c5ccccc5-c5ccccc53)c3cc(N(c5ccc(-c6cccc7ccccc67)cc5)c5cccc6ccccc56)ccc3-4)c3ccccc3-c3ccccc32)cc1. The van der Waals surface area contributed by atoms with Gasteiger partial charge < -0.3 is 4.90 Å². The lowest BCUT2D eigenvalue weighted by atomic mass is 9.65. The van der Waals surface area contributed by atoms with Crippen LogP contribution in [-0.4, -0.2) is 0 Å². The van der Waals surface area contributed by atoms with Crippen molar-refractivity contribution in [3.05, 3.63) is 317 Å². The first-order valence-electron chi connectivity index (χ1n) is 24.8. The van der Waals surface area contributed by atoms with Crippen LogP contribution in [0.5, 0.6) is 0 Å². The van der Waals surface area contributed by atoms with Gasteiger partial charge in [0.15, 0.2) is 0 Å². The molecule has 3 aliphatic carbocycles. The molecule has 0 heterocycles. The highest BCUT2D eigenvalue weighted by molar-refractivity contribution is 6.02. The zero-order chi connectivity index (χ0) is 46.7. The minimum Gasteiger partial charge on any atom is -0.310 e. The van der Waals surface area contributed by atoms with Gasteiger partial charge in [0.05, 0.1) is 16.5 Å². The molecule has 12 aromatic carbocycles. The average Bonchev–Trinajstić information content (AvgIpc) is 4.04. The van der Waals surface area contributed by atoms with Gasteiger partial charge >= 0.3 is 0 Å². The van der Waals surface area contributed by atoms with Crippen molar-refractivity contribution in [1.29, 1.82) is 0 Å². The van der Waals surface area contributed by atoms with E-state index in [1.807, 2.05) is 0 Å². The van der Waals surface area contributed by atoms with Crippen LogP contribution in [0.2, 0.25) is 0 Å². The summed E-state index contributed by atoms with van der Waals surface area (Å²) in [4.78, 5) is 2.49. The van der Waals surface area contributed by atoms with E-state index in [4.69, 9.17) is 0 Å². The standard InChI is InChI=1S/C70H45N/c1-2-22-49(23-3-1)69(62-31-12-8-26-56(62)57-27-9-13-32-63(57)69)50-38-42-60-61-43-41-52(45-67(61)70(66(60)44-50)64-33-14-10-28-58(64)59-29-11-15-34-65(59)70)71(68-35-17-21-47-19-5-7-25-55(47)68)51-39-36-48(37-40-51)54-30-16-20-46-18-4-6-24-53(46)54/h1-45H. The summed E-state index contributed by atoms with van der Waals surface area (Å²) < 4.78 is 0. The van der Waals surface area contributed by atoms with Gasteiger partial charge in [0, 0.05) is 16.8 Å². The summed E-state index contributed by atoms with van der Waals surface area (Å²) in [6, 6.07) is 103. The van der Waals surface area contributed by atoms with Crippen LogP contribution in [0.25, 0.3) is 66.1 Å². The molecule has 12 aromatic rings. The van der Waals surface area contributed by atoms with Gasteiger partial charge in [-0.15, -0.1) is 0 Å². The highest BCUT2D eigenvalue weighted by Gasteiger charge is 2.53. The molecule has 0 unspecified atom stereocenters. The van der Waals surface area contributed by atoms with E-state index in [0.29, 0.717) is 0 Å². The number of rotatable bonds is 6. The lowest BCUT2D eigenvalue weighted by molar-refractivity contribution is 0.751. The van der Waals surface area contributed by atoms with Gasteiger partial charge in [-0.3, -0.25) is 0 Å². The van der Waals surface area contributed by atoms with E-state index in [2.05, 4.69) is 278 Å². The van der Waals surface area contributed by atoms with Crippen molar-refractivity contribution in [2.45, 2.75) is 10.8 Å². The van der Waals surface area contributed by atoms with E-state index in [9.17, 15) is 0 Å². The van der Waals surface area contributed by atoms with Crippen molar-refractivity contribution < 1.29 is 0 Å². The Kier molecular flexibility index (Phi) is 8.56. The first kappa shape index (κ1) is 39.9. The second kappa shape index (κ2) is 15.2. The van der Waals surface area contributed by atoms with Gasteiger partial charge in [-0.25, -0.2) is 0 Å². The van der Waals surface area contributed by atoms with Crippen molar-refractivity contribution in [2.75, 3.05) is 4.90 Å². The summed E-state index contributed by atoms with van der Waals surface area (Å²) in [5, 5.41) is 4.92. The topological polar surface area (TPSA) is 3.24 Å². The molecule has 0 saturated carbocycles. The molecule has 330 valence electrons. The maximum absolute atomic E-state index is 2.61. The normalized spacial score (nSPS) is 13.9. The molecule has 3 aliphatic rings. The summed E-state index contributed by atoms with van der Waals surface area (Å²) in [6.45, 7) is 0. The number of anilines is 3. The van der Waals surface area contributed by atoms with Gasteiger partial charge in [0.25, 0.3) is 0 Å². The molecule has 0 amide bonds. The van der Waals surface area contributed by atoms with E-state index < -0.39 is 10.8 Å². The van der Waals surface area contributed by atoms with Gasteiger partial charge in [-0.1, -0.05) is 243 Å². The van der Waals surface area contributed by atoms with Crippen LogP contribution in [0.3, 0.4) is 0 Å². The minimum absolute atomic E-state index is 0.536. The number of benzene rings is 12. The summed E-state index contributed by atoms with van der Waals surface area (Å²) in [6.07, 6.45) is 0. The van der Waals surface area contributed by atoms with Gasteiger partial charge in [-0.2, -0.15) is 0 Å². The third-order valence-corrected chi connectivity index (χ3v) is 16.2. The largest absolute Gasteiger partial charge is 0.310 e. The number of fused-ring (bicyclic) bond motifs is 15. The first-order valence-corrected chi connectivity index (χ1v) is 24.8. The Morgan fingerprint density at radius 3 is 1.31 bits per heavy atom. The Labute approximate surface area is 414 Å². The van der Waals surface area contributed by atoms with Crippen LogP contribution in [-0.2, 0) is 10.8 Å². The molecule has 0 aliphatic heterocycles. The molecule has 0 saturated heterocycles. The highest BCUT2D eigenvalue weighted by atomic mass is 15.1. The Morgan fingerprint density at radius 1 is 0.239 bits per heavy atom. The van der Waals surface area contributed by atoms with Crippen LogP contribution in [0, 0.1) is 0 Å². The molecule has 1 heteroatoms. The fraction of sp³-hybridized carbons (Fsp3) is 0.0286. The molecule has 1 nitrogen and oxygen atoms in total. The van der Waals surface area contributed by atoms with Crippen LogP contribution in [0.1, 0.15) is 44.5 Å². The maximum Gasteiger partial charge on any atom is 0.0726 e. The minimum atomic E-state index is -0.595. The second-order valence-corrected chi connectivity index (χ2v) is 19.4. The Balaban J connectivity index is 0.991. The number of nitrogens with zero attached hydrogens (tertiary/aromatic N) is 1. The first-order chi connectivity index (χ1) is 35.2. The molecule has 1 spiro atoms. The molecule has 0 aromatic heterocycles. The van der Waals surface area contributed by atoms with E-state index in [1.165, 1.54) is 111 Å². The molecule has 15 rings (SSSR count). The van der Waals surface area contributed by atoms with E-state index >= 15 is 0 Å². The van der Waals surface area contributed by atoms with E-state index in [1.54, 1.807) is 0 Å². The molecular weight excluding hydrogens is 855 g/mol. The van der Waals surface area contributed by atoms with Crippen molar-refractivity contribution >= 4 is 38.6 Å². The van der Waals surface area contributed by atoms with Crippen molar-refractivity contribution in [2.24, 2.45) is 0 Å². The number of hydrogen-bond donors (Lipinski definition) is 0. The third kappa shape index (κ3) is 5.46. The second-order valence-electron chi connectivity index (χ2n) is 19.4. The molecular formula is C70H45N. The summed E-state index contributed by atoms with van der Waals surface area (Å²) in [7, 11) is 0. The van der Waals surface area contributed by atoms with Gasteiger partial charge in [-0.05, 0) is 136 Å². The van der Waals surface area contributed by atoms with E-state index in [0.717, 1.165) is 17.1 Å². The predicted molar refractivity (Wildman–Crippen MR) is 295 cm³/mol. The fourth-order valence-electron chi connectivity index (χ4n) is 13.3. The fourth-order valence-corrected chi connectivity index (χ4v) is 13.3. The summed E-state index contributed by atoms with van der Waals surface area (Å²) in [5.74, 6) is 0. The molecule has 71 heavy (non-hydrogen) atoms. The Morgan fingerprint density at radius 2 is 0.676 bits per heavy atom. The molecule has 0 N–H and O–H groups in total. The monoisotopic (exact) mass is 899 g/mol. The zero-order valence-corrected chi connectivity index (χ0v) is 38.9. The van der Waals surface area contributed by atoms with Gasteiger partial charge in [0.1, 0.15) is 0 Å². The van der Waals surface area contributed by atoms with Gasteiger partial charge in [0.2, 0.25) is 0 Å². The van der Waals surface area contributed by atoms with Crippen LogP contribution >= 0.6 is 0 Å². The molecule has 0 fully saturated rings. The van der Waals surface area contributed by atoms with Crippen LogP contribution < -0.4 is 4.90 Å². The smallest absolute Gasteiger partial charge is 0.0726 e. The number of hydrogen-bond acceptors (Lipinski definition) is 1. The summed E-state index contributed by atoms with van der Waals surface area (Å²) >= 11 is 0. The lowest BCUT2D eigenvalue weighted by Gasteiger charge is -2.36. The highest BCUT2D eigenvalue weighted by Crippen LogP contribution is 2.65. The third-order valence-electron chi connectivity index (χ3n) is 16.2.